The molecule has 0 heterocycles. The third-order valence-electron chi connectivity index (χ3n) is 2.75. The standard InChI is InChI=1S/C15H10Br2FNO/c16-7-11-2-1-3-13(17)15(11)20-9-12-5-4-10(8-19)6-14(12)18/h1-6H,7,9H2. The summed E-state index contributed by atoms with van der Waals surface area (Å²) in [4.78, 5) is 0. The van der Waals surface area contributed by atoms with Gasteiger partial charge in [-0.25, -0.2) is 4.39 Å². The van der Waals surface area contributed by atoms with Crippen LogP contribution in [-0.4, -0.2) is 0 Å². The van der Waals surface area contributed by atoms with E-state index in [4.69, 9.17) is 10.00 Å². The number of para-hydroxylation sites is 1. The summed E-state index contributed by atoms with van der Waals surface area (Å²) >= 11 is 6.81. The number of benzene rings is 2. The van der Waals surface area contributed by atoms with Crippen LogP contribution in [0.2, 0.25) is 0 Å². The molecule has 0 atom stereocenters. The van der Waals surface area contributed by atoms with Gasteiger partial charge in [-0.05, 0) is 34.1 Å². The lowest BCUT2D eigenvalue weighted by atomic mass is 10.1. The van der Waals surface area contributed by atoms with Gasteiger partial charge in [-0.2, -0.15) is 5.26 Å². The van der Waals surface area contributed by atoms with Gasteiger partial charge in [-0.1, -0.05) is 34.1 Å². The zero-order valence-corrected chi connectivity index (χ0v) is 13.5. The second kappa shape index (κ2) is 6.87. The van der Waals surface area contributed by atoms with E-state index in [0.29, 0.717) is 22.2 Å². The molecule has 102 valence electrons. The van der Waals surface area contributed by atoms with Crippen LogP contribution in [0.5, 0.6) is 5.75 Å². The summed E-state index contributed by atoms with van der Waals surface area (Å²) in [5.41, 5.74) is 1.70. The highest BCUT2D eigenvalue weighted by Crippen LogP contribution is 2.31. The molecule has 0 spiro atoms. The van der Waals surface area contributed by atoms with Crippen LogP contribution in [0.4, 0.5) is 4.39 Å². The van der Waals surface area contributed by atoms with Gasteiger partial charge in [0, 0.05) is 16.5 Å². The summed E-state index contributed by atoms with van der Waals surface area (Å²) in [5.74, 6) is 0.254. The lowest BCUT2D eigenvalue weighted by Gasteiger charge is -2.12. The average Bonchev–Trinajstić information content (AvgIpc) is 2.46. The van der Waals surface area contributed by atoms with Gasteiger partial charge in [-0.15, -0.1) is 0 Å². The van der Waals surface area contributed by atoms with Crippen LogP contribution in [0.15, 0.2) is 40.9 Å². The monoisotopic (exact) mass is 397 g/mol. The maximum atomic E-state index is 13.8. The first kappa shape index (κ1) is 15.0. The fourth-order valence-corrected chi connectivity index (χ4v) is 2.67. The number of nitrogens with zero attached hydrogens (tertiary/aromatic N) is 1. The van der Waals surface area contributed by atoms with Crippen molar-refractivity contribution in [2.75, 3.05) is 0 Å². The van der Waals surface area contributed by atoms with Crippen molar-refractivity contribution in [3.05, 3.63) is 63.4 Å². The quantitative estimate of drug-likeness (QED) is 0.683. The van der Waals surface area contributed by atoms with Crippen LogP contribution >= 0.6 is 31.9 Å². The van der Waals surface area contributed by atoms with E-state index in [-0.39, 0.29) is 6.61 Å². The largest absolute Gasteiger partial charge is 0.487 e. The first-order valence-electron chi connectivity index (χ1n) is 5.80. The molecule has 0 aliphatic rings. The van der Waals surface area contributed by atoms with Crippen LogP contribution in [0, 0.1) is 17.1 Å². The molecule has 2 rings (SSSR count). The van der Waals surface area contributed by atoms with E-state index >= 15 is 0 Å². The number of rotatable bonds is 4. The van der Waals surface area contributed by atoms with Crippen molar-refractivity contribution >= 4 is 31.9 Å². The van der Waals surface area contributed by atoms with E-state index in [1.807, 2.05) is 24.3 Å². The van der Waals surface area contributed by atoms with E-state index in [2.05, 4.69) is 31.9 Å². The molecule has 0 saturated carbocycles. The molecule has 0 aliphatic heterocycles. The molecule has 20 heavy (non-hydrogen) atoms. The van der Waals surface area contributed by atoms with Crippen molar-refractivity contribution in [1.82, 2.24) is 0 Å². The maximum absolute atomic E-state index is 13.8. The van der Waals surface area contributed by atoms with E-state index in [1.54, 1.807) is 12.1 Å². The minimum absolute atomic E-state index is 0.111. The van der Waals surface area contributed by atoms with Crippen molar-refractivity contribution in [2.45, 2.75) is 11.9 Å². The Morgan fingerprint density at radius 1 is 1.20 bits per heavy atom. The van der Waals surface area contributed by atoms with Crippen molar-refractivity contribution < 1.29 is 9.13 Å². The minimum Gasteiger partial charge on any atom is -0.487 e. The fourth-order valence-electron chi connectivity index (χ4n) is 1.70. The van der Waals surface area contributed by atoms with Gasteiger partial charge in [0.2, 0.25) is 0 Å². The predicted octanol–water partition coefficient (Wildman–Crippen LogP) is 4.93. The van der Waals surface area contributed by atoms with Crippen molar-refractivity contribution in [1.29, 1.82) is 5.26 Å². The van der Waals surface area contributed by atoms with E-state index in [1.165, 1.54) is 6.07 Å². The highest BCUT2D eigenvalue weighted by Gasteiger charge is 2.09. The second-order valence-electron chi connectivity index (χ2n) is 4.07. The third kappa shape index (κ3) is 3.38. The Morgan fingerprint density at radius 2 is 2.00 bits per heavy atom. The molecular weight excluding hydrogens is 389 g/mol. The van der Waals surface area contributed by atoms with Crippen LogP contribution in [0.3, 0.4) is 0 Å². The summed E-state index contributed by atoms with van der Waals surface area (Å²) in [5, 5.41) is 9.36. The number of nitriles is 1. The van der Waals surface area contributed by atoms with Crippen molar-refractivity contribution in [3.63, 3.8) is 0 Å². The van der Waals surface area contributed by atoms with Crippen LogP contribution < -0.4 is 4.74 Å². The first-order chi connectivity index (χ1) is 9.65. The molecule has 0 amide bonds. The Balaban J connectivity index is 2.19. The van der Waals surface area contributed by atoms with Crippen LogP contribution in [-0.2, 0) is 11.9 Å². The molecule has 0 aliphatic carbocycles. The van der Waals surface area contributed by atoms with Crippen molar-refractivity contribution in [3.8, 4) is 11.8 Å². The van der Waals surface area contributed by atoms with Gasteiger partial charge in [0.25, 0.3) is 0 Å². The number of alkyl halides is 1. The third-order valence-corrected chi connectivity index (χ3v) is 3.98. The van der Waals surface area contributed by atoms with Gasteiger partial charge in [0.05, 0.1) is 16.1 Å². The summed E-state index contributed by atoms with van der Waals surface area (Å²) in [7, 11) is 0. The minimum atomic E-state index is -0.434. The lowest BCUT2D eigenvalue weighted by Crippen LogP contribution is -2.01. The molecule has 0 fully saturated rings. The summed E-state index contributed by atoms with van der Waals surface area (Å²) in [6, 6.07) is 12.0. The van der Waals surface area contributed by atoms with Gasteiger partial charge in [0.1, 0.15) is 18.2 Å². The predicted molar refractivity (Wildman–Crippen MR) is 82.2 cm³/mol. The molecule has 5 heteroatoms. The van der Waals surface area contributed by atoms with Crippen LogP contribution in [0.25, 0.3) is 0 Å². The Morgan fingerprint density at radius 3 is 2.65 bits per heavy atom. The molecule has 0 saturated heterocycles. The summed E-state index contributed by atoms with van der Waals surface area (Å²) in [6.45, 7) is 0.111. The number of hydrogen-bond acceptors (Lipinski definition) is 2. The molecule has 2 aromatic rings. The molecule has 0 N–H and O–H groups in total. The summed E-state index contributed by atoms with van der Waals surface area (Å²) < 4.78 is 20.3. The molecule has 0 radical (unpaired) electrons. The second-order valence-corrected chi connectivity index (χ2v) is 5.48. The molecule has 2 aromatic carbocycles. The Kier molecular flexibility index (Phi) is 5.16. The molecule has 0 unspecified atom stereocenters. The van der Waals surface area contributed by atoms with Crippen LogP contribution in [0.1, 0.15) is 16.7 Å². The zero-order chi connectivity index (χ0) is 14.5. The van der Waals surface area contributed by atoms with Gasteiger partial charge < -0.3 is 4.74 Å². The van der Waals surface area contributed by atoms with Crippen molar-refractivity contribution in [2.24, 2.45) is 0 Å². The average molecular weight is 399 g/mol. The lowest BCUT2D eigenvalue weighted by molar-refractivity contribution is 0.296. The Hall–Kier alpha value is -1.38. The SMILES string of the molecule is N#Cc1ccc(COc2c(Br)cccc2CBr)c(F)c1. The van der Waals surface area contributed by atoms with E-state index < -0.39 is 5.82 Å². The molecule has 2 nitrogen and oxygen atoms in total. The van der Waals surface area contributed by atoms with Gasteiger partial charge in [-0.3, -0.25) is 0 Å². The summed E-state index contributed by atoms with van der Waals surface area (Å²) in [6.07, 6.45) is 0. The maximum Gasteiger partial charge on any atom is 0.138 e. The molecule has 0 bridgehead atoms. The topological polar surface area (TPSA) is 33.0 Å². The van der Waals surface area contributed by atoms with E-state index in [9.17, 15) is 4.39 Å². The number of halogens is 3. The first-order valence-corrected chi connectivity index (χ1v) is 7.72. The number of ether oxygens (including phenoxy) is 1. The number of hydrogen-bond donors (Lipinski definition) is 0. The highest BCUT2D eigenvalue weighted by molar-refractivity contribution is 9.10. The van der Waals surface area contributed by atoms with E-state index in [0.717, 1.165) is 10.0 Å². The Bertz CT molecular complexity index is 667. The smallest absolute Gasteiger partial charge is 0.138 e. The highest BCUT2D eigenvalue weighted by atomic mass is 79.9. The molecule has 0 aromatic heterocycles. The zero-order valence-electron chi connectivity index (χ0n) is 10.4. The van der Waals surface area contributed by atoms with Gasteiger partial charge in [0.15, 0.2) is 0 Å². The van der Waals surface area contributed by atoms with Gasteiger partial charge >= 0.3 is 0 Å². The Labute approximate surface area is 133 Å². The normalized spacial score (nSPS) is 10.1. The molecular formula is C15H10Br2FNO. The fraction of sp³-hybridized carbons (Fsp3) is 0.133.